The number of ether oxygens (including phenoxy) is 1. The molecule has 0 bridgehead atoms. The average Bonchev–Trinajstić information content (AvgIpc) is 2.82. The number of nitrogens with two attached hydrogens (primary N) is 2. The van der Waals surface area contributed by atoms with Crippen molar-refractivity contribution in [2.24, 2.45) is 18.5 Å². The lowest BCUT2D eigenvalue weighted by Crippen LogP contribution is -2.47. The molecule has 0 saturated carbocycles. The highest BCUT2D eigenvalue weighted by atomic mass is 35.5. The first-order chi connectivity index (χ1) is 9.36. The zero-order valence-corrected chi connectivity index (χ0v) is 13.2. The number of carbonyl (C=O) groups excluding carboxylic acids is 1. The van der Waals surface area contributed by atoms with Gasteiger partial charge in [-0.3, -0.25) is 4.79 Å². The summed E-state index contributed by atoms with van der Waals surface area (Å²) < 4.78 is 33.1. The van der Waals surface area contributed by atoms with E-state index in [-0.39, 0.29) is 48.7 Å². The molecule has 2 rings (SSSR count). The highest BCUT2D eigenvalue weighted by Crippen LogP contribution is 2.20. The van der Waals surface area contributed by atoms with Crippen LogP contribution in [0.25, 0.3) is 0 Å². The number of halogens is 1. The van der Waals surface area contributed by atoms with Gasteiger partial charge in [-0.25, -0.2) is 8.42 Å². The molecule has 10 heteroatoms. The van der Waals surface area contributed by atoms with E-state index in [1.807, 2.05) is 0 Å². The van der Waals surface area contributed by atoms with E-state index in [2.05, 4.69) is 0 Å². The summed E-state index contributed by atoms with van der Waals surface area (Å²) in [4.78, 5) is 11.2. The van der Waals surface area contributed by atoms with Crippen LogP contribution in [-0.2, 0) is 21.8 Å². The van der Waals surface area contributed by atoms with Crippen LogP contribution in [0.2, 0.25) is 0 Å². The first kappa shape index (κ1) is 17.9. The minimum Gasteiger partial charge on any atom is -0.374 e. The van der Waals surface area contributed by atoms with Gasteiger partial charge in [0.15, 0.2) is 0 Å². The van der Waals surface area contributed by atoms with Crippen LogP contribution < -0.4 is 11.5 Å². The van der Waals surface area contributed by atoms with Crippen LogP contribution in [0.15, 0.2) is 17.2 Å². The highest BCUT2D eigenvalue weighted by molar-refractivity contribution is 7.89. The van der Waals surface area contributed by atoms with Gasteiger partial charge in [-0.05, 0) is 6.07 Å². The molecule has 1 aromatic rings. The van der Waals surface area contributed by atoms with E-state index in [9.17, 15) is 13.2 Å². The first-order valence-corrected chi connectivity index (χ1v) is 7.58. The Morgan fingerprint density at radius 2 is 2.19 bits per heavy atom. The van der Waals surface area contributed by atoms with Crippen molar-refractivity contribution >= 4 is 28.3 Å². The Balaban J connectivity index is 0.00000220. The SMILES string of the molecule is Cl.Cn1cc(S(=O)(=O)N2CCOC(CN)C2)cc1C(N)=O. The molecule has 1 saturated heterocycles. The van der Waals surface area contributed by atoms with Crippen LogP contribution in [0, 0.1) is 0 Å². The lowest BCUT2D eigenvalue weighted by Gasteiger charge is -2.31. The predicted octanol–water partition coefficient (Wildman–Crippen LogP) is -1.11. The average molecular weight is 339 g/mol. The molecule has 1 atom stereocenters. The van der Waals surface area contributed by atoms with Crippen LogP contribution in [0.1, 0.15) is 10.5 Å². The molecule has 1 aromatic heterocycles. The Labute approximate surface area is 129 Å². The number of aromatic nitrogens is 1. The monoisotopic (exact) mass is 338 g/mol. The lowest BCUT2D eigenvalue weighted by atomic mass is 10.3. The standard InChI is InChI=1S/C11H18N4O4S.ClH/c1-14-7-9(4-10(14)11(13)16)20(17,18)15-2-3-19-8(5-12)6-15;/h4,7-8H,2-3,5-6,12H2,1H3,(H2,13,16);1H. The summed E-state index contributed by atoms with van der Waals surface area (Å²) in [6.45, 7) is 1.03. The highest BCUT2D eigenvalue weighted by Gasteiger charge is 2.31. The topological polar surface area (TPSA) is 121 Å². The Morgan fingerprint density at radius 3 is 2.71 bits per heavy atom. The van der Waals surface area contributed by atoms with E-state index < -0.39 is 15.9 Å². The number of carbonyl (C=O) groups is 1. The second kappa shape index (κ2) is 6.75. The maximum absolute atomic E-state index is 12.5. The molecule has 0 spiro atoms. The van der Waals surface area contributed by atoms with Gasteiger partial charge in [0.1, 0.15) is 10.6 Å². The number of aryl methyl sites for hydroxylation is 1. The third-order valence-corrected chi connectivity index (χ3v) is 5.06. The molecule has 2 heterocycles. The van der Waals surface area contributed by atoms with Crippen LogP contribution in [-0.4, -0.2) is 55.5 Å². The summed E-state index contributed by atoms with van der Waals surface area (Å²) in [6, 6.07) is 1.28. The zero-order valence-electron chi connectivity index (χ0n) is 11.6. The number of sulfonamides is 1. The molecule has 1 amide bonds. The van der Waals surface area contributed by atoms with E-state index in [1.165, 1.54) is 21.1 Å². The van der Waals surface area contributed by atoms with Crippen molar-refractivity contribution in [2.75, 3.05) is 26.2 Å². The van der Waals surface area contributed by atoms with Gasteiger partial charge in [0.05, 0.1) is 12.7 Å². The second-order valence-corrected chi connectivity index (χ2v) is 6.57. The molecule has 1 aliphatic heterocycles. The smallest absolute Gasteiger partial charge is 0.265 e. The molecule has 120 valence electrons. The third kappa shape index (κ3) is 3.55. The van der Waals surface area contributed by atoms with E-state index >= 15 is 0 Å². The Hall–Kier alpha value is -1.13. The van der Waals surface area contributed by atoms with Gasteiger partial charge in [0.2, 0.25) is 10.0 Å². The van der Waals surface area contributed by atoms with Crippen molar-refractivity contribution in [2.45, 2.75) is 11.0 Å². The summed E-state index contributed by atoms with van der Waals surface area (Å²) in [5.74, 6) is -0.671. The second-order valence-electron chi connectivity index (χ2n) is 4.63. The molecule has 4 N–H and O–H groups in total. The quantitative estimate of drug-likeness (QED) is 0.721. The molecule has 1 fully saturated rings. The van der Waals surface area contributed by atoms with Crippen molar-refractivity contribution in [3.05, 3.63) is 18.0 Å². The number of amides is 1. The Kier molecular flexibility index (Phi) is 5.76. The fourth-order valence-electron chi connectivity index (χ4n) is 2.12. The normalized spacial score (nSPS) is 20.0. The van der Waals surface area contributed by atoms with E-state index in [0.29, 0.717) is 6.61 Å². The molecule has 1 aliphatic rings. The fourth-order valence-corrected chi connectivity index (χ4v) is 3.65. The molecule has 1 unspecified atom stereocenters. The first-order valence-electron chi connectivity index (χ1n) is 6.14. The van der Waals surface area contributed by atoms with Gasteiger partial charge in [-0.2, -0.15) is 4.31 Å². The van der Waals surface area contributed by atoms with Gasteiger partial charge < -0.3 is 20.8 Å². The molecular weight excluding hydrogens is 320 g/mol. The lowest BCUT2D eigenvalue weighted by molar-refractivity contribution is 0.00450. The number of nitrogens with zero attached hydrogens (tertiary/aromatic N) is 2. The molecular formula is C11H19ClN4O4S. The zero-order chi connectivity index (χ0) is 14.9. The Morgan fingerprint density at radius 1 is 1.52 bits per heavy atom. The fraction of sp³-hybridized carbons (Fsp3) is 0.545. The number of rotatable bonds is 4. The predicted molar refractivity (Wildman–Crippen MR) is 78.7 cm³/mol. The summed E-state index contributed by atoms with van der Waals surface area (Å²) >= 11 is 0. The third-order valence-electron chi connectivity index (χ3n) is 3.23. The number of primary amides is 1. The van der Waals surface area contributed by atoms with Crippen LogP contribution in [0.5, 0.6) is 0 Å². The van der Waals surface area contributed by atoms with Gasteiger partial charge in [0.25, 0.3) is 5.91 Å². The Bertz CT molecular complexity index is 616. The maximum atomic E-state index is 12.5. The largest absolute Gasteiger partial charge is 0.374 e. The summed E-state index contributed by atoms with van der Waals surface area (Å²) in [6.07, 6.45) is 1.07. The van der Waals surface area contributed by atoms with Gasteiger partial charge in [-0.1, -0.05) is 0 Å². The van der Waals surface area contributed by atoms with Crippen molar-refractivity contribution < 1.29 is 17.9 Å². The number of hydrogen-bond donors (Lipinski definition) is 2. The minimum atomic E-state index is -3.67. The summed E-state index contributed by atoms with van der Waals surface area (Å²) in [5.41, 5.74) is 10.8. The molecule has 0 aromatic carbocycles. The van der Waals surface area contributed by atoms with Crippen LogP contribution in [0.4, 0.5) is 0 Å². The molecule has 0 radical (unpaired) electrons. The van der Waals surface area contributed by atoms with Crippen LogP contribution >= 0.6 is 12.4 Å². The van der Waals surface area contributed by atoms with Crippen molar-refractivity contribution in [3.63, 3.8) is 0 Å². The number of hydrogen-bond acceptors (Lipinski definition) is 5. The van der Waals surface area contributed by atoms with Gasteiger partial charge in [-0.15, -0.1) is 12.4 Å². The summed E-state index contributed by atoms with van der Waals surface area (Å²) in [5, 5.41) is 0. The van der Waals surface area contributed by atoms with Crippen LogP contribution in [0.3, 0.4) is 0 Å². The molecule has 21 heavy (non-hydrogen) atoms. The maximum Gasteiger partial charge on any atom is 0.265 e. The van der Waals surface area contributed by atoms with Gasteiger partial charge >= 0.3 is 0 Å². The van der Waals surface area contributed by atoms with Crippen molar-refractivity contribution in [1.29, 1.82) is 0 Å². The van der Waals surface area contributed by atoms with Gasteiger partial charge in [0, 0.05) is 32.9 Å². The minimum absolute atomic E-state index is 0. The van der Waals surface area contributed by atoms with E-state index in [1.54, 1.807) is 7.05 Å². The van der Waals surface area contributed by atoms with Crippen molar-refractivity contribution in [1.82, 2.24) is 8.87 Å². The molecule has 0 aliphatic carbocycles. The van der Waals surface area contributed by atoms with Crippen molar-refractivity contribution in [3.8, 4) is 0 Å². The molecule has 8 nitrogen and oxygen atoms in total. The van der Waals surface area contributed by atoms with E-state index in [0.717, 1.165) is 0 Å². The summed E-state index contributed by atoms with van der Waals surface area (Å²) in [7, 11) is -2.10. The van der Waals surface area contributed by atoms with E-state index in [4.69, 9.17) is 16.2 Å². The number of morpholine rings is 1.